The molecule has 1 amide bonds. The summed E-state index contributed by atoms with van der Waals surface area (Å²) in [7, 11) is 0. The number of benzene rings is 1. The first-order valence-electron chi connectivity index (χ1n) is 10.5. The van der Waals surface area contributed by atoms with E-state index < -0.39 is 0 Å². The lowest BCUT2D eigenvalue weighted by atomic mass is 9.97. The Bertz CT molecular complexity index is 1200. The van der Waals surface area contributed by atoms with E-state index in [1.807, 2.05) is 58.2 Å². The average Bonchev–Trinajstić information content (AvgIpc) is 3.44. The van der Waals surface area contributed by atoms with Crippen molar-refractivity contribution in [2.45, 2.75) is 32.2 Å². The summed E-state index contributed by atoms with van der Waals surface area (Å²) in [5.74, 6) is 0.940. The van der Waals surface area contributed by atoms with Crippen LogP contribution >= 0.6 is 11.3 Å². The lowest BCUT2D eigenvalue weighted by Crippen LogP contribution is -2.39. The van der Waals surface area contributed by atoms with Crippen LogP contribution in [-0.2, 0) is 6.54 Å². The standard InChI is InChI=1S/C23H24N6OS/c1-16-25-20(15-31-16)23(30)28-11-5-8-18(13-28)22-26-21-10-9-19(14-29(21)27-22)24-12-17-6-3-2-4-7-17/h2-4,6-7,9-10,14-15,18,24H,5,8,11-13H2,1H3/t18-/m0/s1. The van der Waals surface area contributed by atoms with Crippen LogP contribution in [0, 0.1) is 6.92 Å². The van der Waals surface area contributed by atoms with E-state index in [1.165, 1.54) is 16.9 Å². The highest BCUT2D eigenvalue weighted by Crippen LogP contribution is 2.26. The van der Waals surface area contributed by atoms with Crippen molar-refractivity contribution in [3.8, 4) is 0 Å². The minimum atomic E-state index is 0.00483. The lowest BCUT2D eigenvalue weighted by molar-refractivity contribution is 0.0699. The van der Waals surface area contributed by atoms with Crippen molar-refractivity contribution in [1.29, 1.82) is 0 Å². The second-order valence-corrected chi connectivity index (χ2v) is 8.93. The number of aromatic nitrogens is 4. The van der Waals surface area contributed by atoms with Crippen LogP contribution in [0.2, 0.25) is 0 Å². The molecule has 4 heterocycles. The molecular formula is C23H24N6OS. The molecule has 1 saturated heterocycles. The number of amides is 1. The van der Waals surface area contributed by atoms with Gasteiger partial charge in [0, 0.05) is 30.9 Å². The van der Waals surface area contributed by atoms with Crippen LogP contribution in [0.25, 0.3) is 5.65 Å². The molecule has 158 valence electrons. The molecule has 0 spiro atoms. The van der Waals surface area contributed by atoms with Crippen LogP contribution in [0.4, 0.5) is 5.69 Å². The second-order valence-electron chi connectivity index (χ2n) is 7.87. The highest BCUT2D eigenvalue weighted by molar-refractivity contribution is 7.09. The van der Waals surface area contributed by atoms with Crippen molar-refractivity contribution in [2.75, 3.05) is 18.4 Å². The fourth-order valence-electron chi connectivity index (χ4n) is 3.97. The number of fused-ring (bicyclic) bond motifs is 1. The number of carbonyl (C=O) groups is 1. The molecule has 1 aliphatic heterocycles. The van der Waals surface area contributed by atoms with E-state index >= 15 is 0 Å². The molecule has 0 aliphatic carbocycles. The number of thiazole rings is 1. The molecule has 1 aliphatic rings. The Morgan fingerprint density at radius 3 is 2.87 bits per heavy atom. The largest absolute Gasteiger partial charge is 0.380 e. The first-order valence-corrected chi connectivity index (χ1v) is 11.4. The molecule has 1 atom stereocenters. The zero-order chi connectivity index (χ0) is 21.2. The Morgan fingerprint density at radius 2 is 2.06 bits per heavy atom. The van der Waals surface area contributed by atoms with Crippen molar-refractivity contribution in [1.82, 2.24) is 24.5 Å². The number of carbonyl (C=O) groups excluding carboxylic acids is 1. The quantitative estimate of drug-likeness (QED) is 0.513. The third-order valence-electron chi connectivity index (χ3n) is 5.60. The molecule has 1 aromatic carbocycles. The van der Waals surface area contributed by atoms with Crippen LogP contribution in [0.1, 0.15) is 45.6 Å². The molecule has 7 nitrogen and oxygen atoms in total. The van der Waals surface area contributed by atoms with E-state index in [1.54, 1.807) is 0 Å². The summed E-state index contributed by atoms with van der Waals surface area (Å²) in [5.41, 5.74) is 3.58. The minimum Gasteiger partial charge on any atom is -0.380 e. The minimum absolute atomic E-state index is 0.00483. The van der Waals surface area contributed by atoms with Gasteiger partial charge in [-0.3, -0.25) is 4.79 Å². The number of pyridine rings is 1. The molecule has 1 fully saturated rings. The van der Waals surface area contributed by atoms with Crippen molar-refractivity contribution in [3.63, 3.8) is 0 Å². The van der Waals surface area contributed by atoms with Crippen LogP contribution in [0.5, 0.6) is 0 Å². The summed E-state index contributed by atoms with van der Waals surface area (Å²) in [6, 6.07) is 14.3. The summed E-state index contributed by atoms with van der Waals surface area (Å²) in [6.07, 6.45) is 3.90. The number of likely N-dealkylation sites (tertiary alicyclic amines) is 1. The maximum atomic E-state index is 12.8. The Hall–Kier alpha value is -3.26. The highest BCUT2D eigenvalue weighted by atomic mass is 32.1. The van der Waals surface area contributed by atoms with Gasteiger partial charge in [0.05, 0.1) is 16.9 Å². The SMILES string of the molecule is Cc1nc(C(=O)N2CCC[C@H](c3nc4ccc(NCc5ccccc5)cn4n3)C2)cs1. The van der Waals surface area contributed by atoms with E-state index in [0.29, 0.717) is 12.2 Å². The Kier molecular flexibility index (Phi) is 5.38. The fourth-order valence-corrected chi connectivity index (χ4v) is 4.56. The first-order chi connectivity index (χ1) is 15.2. The van der Waals surface area contributed by atoms with E-state index in [2.05, 4.69) is 22.4 Å². The number of anilines is 1. The van der Waals surface area contributed by atoms with Gasteiger partial charge in [-0.2, -0.15) is 5.10 Å². The second kappa shape index (κ2) is 8.47. The molecule has 4 aromatic rings. The fraction of sp³-hybridized carbons (Fsp3) is 0.304. The lowest BCUT2D eigenvalue weighted by Gasteiger charge is -2.30. The summed E-state index contributed by atoms with van der Waals surface area (Å²) in [5, 5.41) is 10.9. The van der Waals surface area contributed by atoms with Crippen LogP contribution in [0.15, 0.2) is 54.0 Å². The van der Waals surface area contributed by atoms with Crippen molar-refractivity contribution < 1.29 is 4.79 Å². The third-order valence-corrected chi connectivity index (χ3v) is 6.37. The van der Waals surface area contributed by atoms with E-state index in [-0.39, 0.29) is 11.8 Å². The number of nitrogens with zero attached hydrogens (tertiary/aromatic N) is 5. The summed E-state index contributed by atoms with van der Waals surface area (Å²) >= 11 is 1.51. The number of piperidine rings is 1. The van der Waals surface area contributed by atoms with Gasteiger partial charge in [-0.25, -0.2) is 14.5 Å². The van der Waals surface area contributed by atoms with Crippen LogP contribution < -0.4 is 5.32 Å². The Labute approximate surface area is 184 Å². The first kappa shape index (κ1) is 19.7. The highest BCUT2D eigenvalue weighted by Gasteiger charge is 2.29. The van der Waals surface area contributed by atoms with Crippen molar-refractivity contribution in [3.05, 3.63) is 76.1 Å². The number of hydrogen-bond donors (Lipinski definition) is 1. The smallest absolute Gasteiger partial charge is 0.273 e. The molecule has 0 bridgehead atoms. The van der Waals surface area contributed by atoms with Crippen molar-refractivity contribution >= 4 is 28.6 Å². The van der Waals surface area contributed by atoms with E-state index in [9.17, 15) is 4.79 Å². The summed E-state index contributed by atoms with van der Waals surface area (Å²) in [4.78, 5) is 23.8. The maximum absolute atomic E-state index is 12.8. The topological polar surface area (TPSA) is 75.4 Å². The van der Waals surface area contributed by atoms with Gasteiger partial charge in [-0.1, -0.05) is 30.3 Å². The summed E-state index contributed by atoms with van der Waals surface area (Å²) in [6.45, 7) is 4.06. The number of rotatable bonds is 5. The molecule has 8 heteroatoms. The number of aryl methyl sites for hydroxylation is 1. The van der Waals surface area contributed by atoms with E-state index in [0.717, 1.165) is 48.1 Å². The molecule has 0 unspecified atom stereocenters. The van der Waals surface area contributed by atoms with Gasteiger partial charge in [0.1, 0.15) is 5.69 Å². The van der Waals surface area contributed by atoms with Gasteiger partial charge in [0.25, 0.3) is 5.91 Å². The van der Waals surface area contributed by atoms with Gasteiger partial charge in [0.15, 0.2) is 11.5 Å². The molecule has 31 heavy (non-hydrogen) atoms. The van der Waals surface area contributed by atoms with Crippen LogP contribution in [0.3, 0.4) is 0 Å². The average molecular weight is 433 g/mol. The molecule has 5 rings (SSSR count). The monoisotopic (exact) mass is 432 g/mol. The molecule has 1 N–H and O–H groups in total. The van der Waals surface area contributed by atoms with Gasteiger partial charge >= 0.3 is 0 Å². The predicted molar refractivity (Wildman–Crippen MR) is 121 cm³/mol. The zero-order valence-corrected chi connectivity index (χ0v) is 18.2. The van der Waals surface area contributed by atoms with Gasteiger partial charge in [-0.05, 0) is 37.5 Å². The number of hydrogen-bond acceptors (Lipinski definition) is 6. The molecule has 0 saturated carbocycles. The molecular weight excluding hydrogens is 408 g/mol. The maximum Gasteiger partial charge on any atom is 0.273 e. The van der Waals surface area contributed by atoms with Gasteiger partial charge in [-0.15, -0.1) is 11.3 Å². The normalized spacial score (nSPS) is 16.5. The zero-order valence-electron chi connectivity index (χ0n) is 17.4. The summed E-state index contributed by atoms with van der Waals surface area (Å²) < 4.78 is 1.83. The molecule has 3 aromatic heterocycles. The number of nitrogens with one attached hydrogen (secondary N) is 1. The van der Waals surface area contributed by atoms with Crippen molar-refractivity contribution in [2.24, 2.45) is 0 Å². The Balaban J connectivity index is 1.29. The van der Waals surface area contributed by atoms with Gasteiger partial charge in [0.2, 0.25) is 0 Å². The molecule has 0 radical (unpaired) electrons. The predicted octanol–water partition coefficient (Wildman–Crippen LogP) is 4.13. The third kappa shape index (κ3) is 4.29. The van der Waals surface area contributed by atoms with E-state index in [4.69, 9.17) is 10.1 Å². The van der Waals surface area contributed by atoms with Crippen LogP contribution in [-0.4, -0.2) is 43.5 Å². The Morgan fingerprint density at radius 1 is 1.19 bits per heavy atom. The van der Waals surface area contributed by atoms with Gasteiger partial charge < -0.3 is 10.2 Å².